The van der Waals surface area contributed by atoms with Gasteiger partial charge in [0.1, 0.15) is 5.69 Å². The summed E-state index contributed by atoms with van der Waals surface area (Å²) >= 11 is 0. The normalized spacial score (nSPS) is 23.4. The Balaban J connectivity index is 1.99. The van der Waals surface area contributed by atoms with Gasteiger partial charge in [-0.05, 0) is 20.5 Å². The molecule has 0 bridgehead atoms. The summed E-state index contributed by atoms with van der Waals surface area (Å²) in [6.45, 7) is 2.61. The van der Waals surface area contributed by atoms with E-state index >= 15 is 0 Å². The van der Waals surface area contributed by atoms with E-state index < -0.39 is 11.6 Å². The average Bonchev–Trinajstić information content (AvgIpc) is 2.95. The molecule has 0 spiro atoms. The van der Waals surface area contributed by atoms with Crippen molar-refractivity contribution in [3.8, 4) is 0 Å². The van der Waals surface area contributed by atoms with Gasteiger partial charge in [0.05, 0.1) is 18.9 Å². The second kappa shape index (κ2) is 5.90. The van der Waals surface area contributed by atoms with E-state index in [9.17, 15) is 9.90 Å². The zero-order chi connectivity index (χ0) is 14.8. The predicted octanol–water partition coefficient (Wildman–Crippen LogP) is -0.305. The largest absolute Gasteiger partial charge is 0.464 e. The third kappa shape index (κ3) is 3.36. The second-order valence-electron chi connectivity index (χ2n) is 5.68. The molecule has 0 aliphatic carbocycles. The zero-order valence-electron chi connectivity index (χ0n) is 12.2. The van der Waals surface area contributed by atoms with Crippen LogP contribution in [0.1, 0.15) is 22.5 Å². The lowest BCUT2D eigenvalue weighted by molar-refractivity contribution is 0.0240. The van der Waals surface area contributed by atoms with Crippen molar-refractivity contribution in [3.05, 3.63) is 17.5 Å². The molecule has 2 N–H and O–H groups in total. The number of carbonyl (C=O) groups excluding carboxylic acids is 1. The van der Waals surface area contributed by atoms with Crippen LogP contribution in [-0.2, 0) is 11.3 Å². The van der Waals surface area contributed by atoms with Crippen LogP contribution in [0.4, 0.5) is 0 Å². The van der Waals surface area contributed by atoms with Gasteiger partial charge in [0, 0.05) is 31.7 Å². The minimum absolute atomic E-state index is 0.385. The molecule has 1 saturated heterocycles. The SMILES string of the molecule is COC(=O)c1[nH]ncc1CN1CC[C@](O)(CN(C)C)C1. The molecule has 112 valence electrons. The molecule has 0 aromatic carbocycles. The number of H-pyrrole nitrogens is 1. The third-order valence-electron chi connectivity index (χ3n) is 3.52. The molecule has 1 aliphatic rings. The fourth-order valence-electron chi connectivity index (χ4n) is 2.74. The lowest BCUT2D eigenvalue weighted by atomic mass is 10.0. The Morgan fingerprint density at radius 3 is 3.05 bits per heavy atom. The lowest BCUT2D eigenvalue weighted by Gasteiger charge is -2.26. The van der Waals surface area contributed by atoms with Gasteiger partial charge in [-0.15, -0.1) is 0 Å². The first-order chi connectivity index (χ1) is 9.43. The number of hydrogen-bond donors (Lipinski definition) is 2. The molecule has 0 unspecified atom stereocenters. The standard InChI is InChI=1S/C13H22N4O3/c1-16(2)8-13(19)4-5-17(9-13)7-10-6-14-15-11(10)12(18)20-3/h6,19H,4-5,7-9H2,1-3H3,(H,14,15)/t13-/m0/s1. The smallest absolute Gasteiger partial charge is 0.356 e. The summed E-state index contributed by atoms with van der Waals surface area (Å²) in [5.74, 6) is -0.416. The number of likely N-dealkylation sites (tertiary alicyclic amines) is 1. The number of aliphatic hydroxyl groups is 1. The first-order valence-electron chi connectivity index (χ1n) is 6.63. The fourth-order valence-corrected chi connectivity index (χ4v) is 2.74. The molecule has 2 rings (SSSR count). The minimum Gasteiger partial charge on any atom is -0.464 e. The van der Waals surface area contributed by atoms with Crippen molar-refractivity contribution >= 4 is 5.97 Å². The molecular weight excluding hydrogens is 260 g/mol. The monoisotopic (exact) mass is 282 g/mol. The zero-order valence-corrected chi connectivity index (χ0v) is 12.2. The Labute approximate surface area is 118 Å². The first kappa shape index (κ1) is 15.0. The number of methoxy groups -OCH3 is 1. The molecule has 2 heterocycles. The molecule has 20 heavy (non-hydrogen) atoms. The maximum absolute atomic E-state index is 11.6. The second-order valence-corrected chi connectivity index (χ2v) is 5.68. The number of nitrogens with zero attached hydrogens (tertiary/aromatic N) is 3. The van der Waals surface area contributed by atoms with Gasteiger partial charge < -0.3 is 14.7 Å². The fraction of sp³-hybridized carbons (Fsp3) is 0.692. The van der Waals surface area contributed by atoms with Crippen molar-refractivity contribution in [3.63, 3.8) is 0 Å². The number of carbonyl (C=O) groups is 1. The van der Waals surface area contributed by atoms with E-state index in [4.69, 9.17) is 4.74 Å². The highest BCUT2D eigenvalue weighted by Gasteiger charge is 2.36. The molecule has 1 atom stereocenters. The van der Waals surface area contributed by atoms with Gasteiger partial charge in [-0.1, -0.05) is 0 Å². The van der Waals surface area contributed by atoms with Gasteiger partial charge in [-0.3, -0.25) is 10.00 Å². The Morgan fingerprint density at radius 2 is 2.40 bits per heavy atom. The maximum Gasteiger partial charge on any atom is 0.356 e. The Morgan fingerprint density at radius 1 is 1.65 bits per heavy atom. The average molecular weight is 282 g/mol. The van der Waals surface area contributed by atoms with Gasteiger partial charge in [0.15, 0.2) is 0 Å². The number of esters is 1. The van der Waals surface area contributed by atoms with Crippen LogP contribution >= 0.6 is 0 Å². The summed E-state index contributed by atoms with van der Waals surface area (Å²) in [6, 6.07) is 0. The van der Waals surface area contributed by atoms with Crippen LogP contribution in [0, 0.1) is 0 Å². The molecule has 7 nitrogen and oxygen atoms in total. The van der Waals surface area contributed by atoms with E-state index in [0.717, 1.165) is 18.5 Å². The van der Waals surface area contributed by atoms with Crippen molar-refractivity contribution in [1.82, 2.24) is 20.0 Å². The van der Waals surface area contributed by atoms with Crippen molar-refractivity contribution in [2.75, 3.05) is 40.8 Å². The van der Waals surface area contributed by atoms with E-state index in [0.29, 0.717) is 25.3 Å². The Kier molecular flexibility index (Phi) is 4.42. The number of rotatable bonds is 5. The first-order valence-corrected chi connectivity index (χ1v) is 6.63. The number of ether oxygens (including phenoxy) is 1. The van der Waals surface area contributed by atoms with Crippen LogP contribution in [0.25, 0.3) is 0 Å². The lowest BCUT2D eigenvalue weighted by Crippen LogP contribution is -2.42. The van der Waals surface area contributed by atoms with Crippen molar-refractivity contribution in [2.24, 2.45) is 0 Å². The van der Waals surface area contributed by atoms with Crippen LogP contribution in [0.3, 0.4) is 0 Å². The number of likely N-dealkylation sites (N-methyl/N-ethyl adjacent to an activating group) is 1. The van der Waals surface area contributed by atoms with E-state index in [-0.39, 0.29) is 0 Å². The summed E-state index contributed by atoms with van der Waals surface area (Å²) in [5.41, 5.74) is 0.500. The van der Waals surface area contributed by atoms with Crippen LogP contribution in [-0.4, -0.2) is 77.5 Å². The predicted molar refractivity (Wildman–Crippen MR) is 73.3 cm³/mol. The van der Waals surface area contributed by atoms with Crippen molar-refractivity contribution in [2.45, 2.75) is 18.6 Å². The van der Waals surface area contributed by atoms with Crippen LogP contribution in [0.2, 0.25) is 0 Å². The summed E-state index contributed by atoms with van der Waals surface area (Å²) < 4.78 is 4.71. The molecule has 0 radical (unpaired) electrons. The summed E-state index contributed by atoms with van der Waals surface area (Å²) in [5, 5.41) is 17.0. The summed E-state index contributed by atoms with van der Waals surface area (Å²) in [7, 11) is 5.25. The number of aromatic nitrogens is 2. The highest BCUT2D eigenvalue weighted by atomic mass is 16.5. The molecule has 1 aromatic heterocycles. The topological polar surface area (TPSA) is 81.7 Å². The summed E-state index contributed by atoms with van der Waals surface area (Å²) in [4.78, 5) is 15.7. The number of nitrogens with one attached hydrogen (secondary N) is 1. The molecule has 0 saturated carbocycles. The molecule has 1 aliphatic heterocycles. The van der Waals surface area contributed by atoms with Crippen molar-refractivity contribution < 1.29 is 14.6 Å². The molecule has 7 heteroatoms. The van der Waals surface area contributed by atoms with Gasteiger partial charge >= 0.3 is 5.97 Å². The third-order valence-corrected chi connectivity index (χ3v) is 3.52. The van der Waals surface area contributed by atoms with Gasteiger partial charge in [0.25, 0.3) is 0 Å². The van der Waals surface area contributed by atoms with Crippen LogP contribution < -0.4 is 0 Å². The maximum atomic E-state index is 11.6. The molecule has 1 aromatic rings. The molecule has 1 fully saturated rings. The Hall–Kier alpha value is -1.44. The van der Waals surface area contributed by atoms with Gasteiger partial charge in [0.2, 0.25) is 0 Å². The van der Waals surface area contributed by atoms with Gasteiger partial charge in [-0.25, -0.2) is 4.79 Å². The summed E-state index contributed by atoms with van der Waals surface area (Å²) in [6.07, 6.45) is 2.37. The van der Waals surface area contributed by atoms with E-state index in [1.807, 2.05) is 19.0 Å². The van der Waals surface area contributed by atoms with Crippen LogP contribution in [0.15, 0.2) is 6.20 Å². The highest BCUT2D eigenvalue weighted by Crippen LogP contribution is 2.24. The number of hydrogen-bond acceptors (Lipinski definition) is 6. The number of β-amino-alcohol motifs (C(OH)–C–C–N with tert-alkyl or cyclic N) is 1. The van der Waals surface area contributed by atoms with E-state index in [1.165, 1.54) is 7.11 Å². The van der Waals surface area contributed by atoms with Crippen LogP contribution in [0.5, 0.6) is 0 Å². The van der Waals surface area contributed by atoms with Crippen molar-refractivity contribution in [1.29, 1.82) is 0 Å². The highest BCUT2D eigenvalue weighted by molar-refractivity contribution is 5.88. The number of aromatic amines is 1. The molecule has 0 amide bonds. The minimum atomic E-state index is -0.682. The molecular formula is C13H22N4O3. The van der Waals surface area contributed by atoms with E-state index in [2.05, 4.69) is 15.1 Å². The van der Waals surface area contributed by atoms with E-state index in [1.54, 1.807) is 6.20 Å². The quantitative estimate of drug-likeness (QED) is 0.721. The Bertz CT molecular complexity index is 474. The van der Waals surface area contributed by atoms with Gasteiger partial charge in [-0.2, -0.15) is 5.10 Å².